The van der Waals surface area contributed by atoms with E-state index in [1.807, 2.05) is 0 Å². The van der Waals surface area contributed by atoms with Gasteiger partial charge in [-0.2, -0.15) is 0 Å². The normalized spacial score (nSPS) is 26.0. The molecule has 5 aliphatic heterocycles. The summed E-state index contributed by atoms with van der Waals surface area (Å²) in [6, 6.07) is 6.67. The molecule has 4 fully saturated rings. The molecule has 15 heterocycles. The molecule has 10 aromatic rings. The lowest BCUT2D eigenvalue weighted by molar-refractivity contribution is -0.0511. The number of ether oxygens (including phenoxy) is 5. The molecule has 0 aliphatic carbocycles. The van der Waals surface area contributed by atoms with Gasteiger partial charge < -0.3 is 126 Å². The summed E-state index contributed by atoms with van der Waals surface area (Å²) in [5.41, 5.74) is 28.7. The maximum atomic E-state index is 11.9. The Balaban J connectivity index is 0.000000126. The van der Waals surface area contributed by atoms with Crippen molar-refractivity contribution in [1.82, 2.24) is 72.7 Å². The predicted molar refractivity (Wildman–Crippen MR) is 349 cm³/mol. The zero-order valence-corrected chi connectivity index (χ0v) is 52.3. The second-order valence-corrected chi connectivity index (χ2v) is 22.9. The molecule has 10 aromatic heterocycles. The molecule has 15 atom stereocenters. The molecule has 0 spiro atoms. The highest BCUT2D eigenvalue weighted by Gasteiger charge is 2.45. The molecule has 0 amide bonds. The minimum atomic E-state index is -1.27. The van der Waals surface area contributed by atoms with Gasteiger partial charge in [-0.3, -0.25) is 24.0 Å². The monoisotopic (exact) mass is 1390 g/mol. The van der Waals surface area contributed by atoms with Crippen LogP contribution in [-0.2, 0) is 23.7 Å². The second-order valence-electron chi connectivity index (χ2n) is 22.9. The highest BCUT2D eigenvalue weighted by Crippen LogP contribution is 2.35. The summed E-state index contributed by atoms with van der Waals surface area (Å²) in [4.78, 5) is 98.5. The van der Waals surface area contributed by atoms with Crippen molar-refractivity contribution in [3.63, 3.8) is 0 Å². The van der Waals surface area contributed by atoms with E-state index in [1.165, 1.54) is 89.7 Å². The Morgan fingerprint density at radius 1 is 0.370 bits per heavy atom. The van der Waals surface area contributed by atoms with Crippen LogP contribution in [0.1, 0.15) is 50.4 Å². The minimum Gasteiger partial charge on any atom is -0.394 e. The largest absolute Gasteiger partial charge is 0.394 e. The summed E-state index contributed by atoms with van der Waals surface area (Å²) in [6.45, 7) is -1.26. The van der Waals surface area contributed by atoms with Crippen molar-refractivity contribution in [2.75, 3.05) is 61.7 Å². The van der Waals surface area contributed by atoms with E-state index in [4.69, 9.17) is 77.9 Å². The Labute approximate surface area is 559 Å². The van der Waals surface area contributed by atoms with Crippen molar-refractivity contribution in [3.8, 4) is 0 Å². The number of nitrogen functional groups attached to an aromatic ring is 5. The van der Waals surface area contributed by atoms with Gasteiger partial charge in [0, 0.05) is 67.7 Å². The van der Waals surface area contributed by atoms with E-state index in [2.05, 4.69) is 49.8 Å². The Hall–Kier alpha value is -10.4. The molecule has 0 radical (unpaired) electrons. The summed E-state index contributed by atoms with van der Waals surface area (Å²) < 4.78 is 35.5. The van der Waals surface area contributed by atoms with Gasteiger partial charge in [0.15, 0.2) is 74.1 Å². The van der Waals surface area contributed by atoms with Gasteiger partial charge in [0.2, 0.25) is 0 Å². The molecule has 5 aliphatic rings. The SMILES string of the molecule is Nc1ncnc2c1c(=O)ccn2[C@@H]1O[C@H](CO)[C@@H](O)C1O.Nc1ncnc2c1c(=O)ccn2[C@@H]1O[C@H](CO)[C@H](O)C1O.Nc1ncnc2c1c(=O)ccn2[C@H]1C=C[C@@H](CO)O1.Nc1ncnc2c1c(=O)ccn2[C@H]1CC[C@@H](CO)O1.Nc1ncnc2c1c(=O)ccn2[C@H]1C[C@@H](O)[C@@H](CO)O1. The lowest BCUT2D eigenvalue weighted by Gasteiger charge is -2.20. The number of pyridine rings is 5. The molecule has 15 rings (SSSR count). The van der Waals surface area contributed by atoms with Gasteiger partial charge in [-0.05, 0) is 18.9 Å². The standard InChI is InChI=1S/2C12H14N4O5.C12H14N4O4.C12H14N4O3.C12H12N4O3/c2*13-10-7-5(18)1-2-16(11(7)15-4-14-10)12-9(20)8(19)6(3-17)21-12;13-11-10-6(18)1-2-16(12(10)15-5-14-11)9-3-7(19)8(4-17)20-9;2*13-11-10-8(18)3-4-16(12(10)15-6-14-11)9-2-1-7(5-17)19-9/h2*1-2,4,6,8-9,12,17,19-20H,3H2,(H2,13,14,15);1-2,5,7-9,17,19H,3-4H2,(H2,13,14,15);3-4,6-7,9,17H,1-2,5H2,(H2,13,14,15);1-4,6-7,9,17H,5H2,(H2,13,14,15)/t6-,8+,9?,12-;6-,8-,9?,12-;7-,8-,9-;2*7-,9+/m11100/s1. The molecule has 0 bridgehead atoms. The van der Waals surface area contributed by atoms with Crippen molar-refractivity contribution in [1.29, 1.82) is 0 Å². The highest BCUT2D eigenvalue weighted by atomic mass is 16.6. The number of hydrogen-bond donors (Lipinski definition) is 15. The fraction of sp³-hybridized carbons (Fsp3) is 0.383. The molecular formula is C60H68N20O20. The third-order valence-electron chi connectivity index (χ3n) is 16.8. The van der Waals surface area contributed by atoms with Crippen LogP contribution in [0, 0.1) is 0 Å². The van der Waals surface area contributed by atoms with E-state index in [0.717, 1.165) is 12.8 Å². The van der Waals surface area contributed by atoms with Crippen molar-refractivity contribution in [2.24, 2.45) is 0 Å². The van der Waals surface area contributed by atoms with Gasteiger partial charge in [0.25, 0.3) is 0 Å². The third kappa shape index (κ3) is 14.0. The third-order valence-corrected chi connectivity index (χ3v) is 16.8. The van der Waals surface area contributed by atoms with E-state index < -0.39 is 87.0 Å². The van der Waals surface area contributed by atoms with Gasteiger partial charge in [0.1, 0.15) is 149 Å². The van der Waals surface area contributed by atoms with E-state index >= 15 is 0 Å². The highest BCUT2D eigenvalue weighted by molar-refractivity contribution is 5.88. The number of rotatable bonds is 10. The molecule has 0 saturated carbocycles. The quantitative estimate of drug-likeness (QED) is 0.0569. The first-order chi connectivity index (χ1) is 48.1. The van der Waals surface area contributed by atoms with Gasteiger partial charge >= 0.3 is 0 Å². The van der Waals surface area contributed by atoms with Gasteiger partial charge in [0.05, 0.1) is 45.2 Å². The second kappa shape index (κ2) is 30.4. The molecule has 2 unspecified atom stereocenters. The Kier molecular flexibility index (Phi) is 21.5. The maximum Gasteiger partial charge on any atom is 0.194 e. The maximum absolute atomic E-state index is 11.9. The van der Waals surface area contributed by atoms with Crippen LogP contribution in [0.3, 0.4) is 0 Å². The summed E-state index contributed by atoms with van der Waals surface area (Å²) in [6.07, 6.45) is 7.24. The molecular weight excluding hydrogens is 1320 g/mol. The number of anilines is 5. The summed E-state index contributed by atoms with van der Waals surface area (Å²) in [5, 5.41) is 96.0. The molecule has 528 valence electrons. The number of fused-ring (bicyclic) bond motifs is 5. The van der Waals surface area contributed by atoms with Crippen LogP contribution >= 0.6 is 0 Å². The fourth-order valence-electron chi connectivity index (χ4n) is 11.7. The molecule has 0 aromatic carbocycles. The molecule has 40 heteroatoms. The van der Waals surface area contributed by atoms with E-state index in [1.54, 1.807) is 38.2 Å². The Morgan fingerprint density at radius 3 is 1.05 bits per heavy atom. The minimum absolute atomic E-state index is 0.00818. The van der Waals surface area contributed by atoms with E-state index in [9.17, 15) is 49.5 Å². The lowest BCUT2D eigenvalue weighted by atomic mass is 10.1. The first kappa shape index (κ1) is 70.9. The number of aliphatic hydroxyl groups is 10. The van der Waals surface area contributed by atoms with E-state index in [-0.39, 0.29) is 127 Å². The number of aliphatic hydroxyl groups excluding tert-OH is 10. The zero-order chi connectivity index (χ0) is 71.4. The van der Waals surface area contributed by atoms with Gasteiger partial charge in [-0.1, -0.05) is 6.08 Å². The Bertz CT molecular complexity index is 4840. The lowest BCUT2D eigenvalue weighted by Crippen LogP contribution is -2.33. The van der Waals surface area contributed by atoms with E-state index in [0.29, 0.717) is 28.7 Å². The van der Waals surface area contributed by atoms with Crippen LogP contribution in [0.4, 0.5) is 29.1 Å². The topological polar surface area (TPSA) is 617 Å². The molecule has 40 nitrogen and oxygen atoms in total. The van der Waals surface area contributed by atoms with Crippen molar-refractivity contribution >= 4 is 84.3 Å². The Morgan fingerprint density at radius 2 is 0.720 bits per heavy atom. The first-order valence-electron chi connectivity index (χ1n) is 30.6. The van der Waals surface area contributed by atoms with Crippen LogP contribution < -0.4 is 55.8 Å². The van der Waals surface area contributed by atoms with Gasteiger partial charge in [-0.15, -0.1) is 0 Å². The first-order valence-corrected chi connectivity index (χ1v) is 30.6. The van der Waals surface area contributed by atoms with Gasteiger partial charge in [-0.25, -0.2) is 49.8 Å². The van der Waals surface area contributed by atoms with Crippen LogP contribution in [0.2, 0.25) is 0 Å². The van der Waals surface area contributed by atoms with Crippen molar-refractivity contribution in [2.45, 2.75) is 111 Å². The number of aromatic nitrogens is 15. The van der Waals surface area contributed by atoms with Crippen LogP contribution in [0.25, 0.3) is 55.2 Å². The number of hydrogen-bond acceptors (Lipinski definition) is 35. The smallest absolute Gasteiger partial charge is 0.194 e. The summed E-state index contributed by atoms with van der Waals surface area (Å²) in [5.74, 6) is 0.454. The summed E-state index contributed by atoms with van der Waals surface area (Å²) >= 11 is 0. The van der Waals surface area contributed by atoms with Crippen LogP contribution in [-0.4, -0.2) is 218 Å². The fourth-order valence-corrected chi connectivity index (χ4v) is 11.7. The molecule has 20 N–H and O–H groups in total. The molecule has 100 heavy (non-hydrogen) atoms. The zero-order valence-electron chi connectivity index (χ0n) is 52.3. The van der Waals surface area contributed by atoms with Crippen LogP contribution in [0.15, 0.2) is 129 Å². The average Bonchev–Trinajstić information content (AvgIpc) is 1.41. The summed E-state index contributed by atoms with van der Waals surface area (Å²) in [7, 11) is 0. The van der Waals surface area contributed by atoms with Crippen molar-refractivity contribution in [3.05, 3.63) is 156 Å². The predicted octanol–water partition coefficient (Wildman–Crippen LogP) is -5.15. The average molecular weight is 1390 g/mol. The van der Waals surface area contributed by atoms with Crippen LogP contribution in [0.5, 0.6) is 0 Å². The molecule has 4 saturated heterocycles. The van der Waals surface area contributed by atoms with Crippen molar-refractivity contribution < 1.29 is 74.7 Å². The number of nitrogens with zero attached hydrogens (tertiary/aromatic N) is 15. The number of nitrogens with two attached hydrogens (primary N) is 5.